The SMILES string of the molecule is Cc1nn(CCCNC(=O)C(C)n2nc(C(F)(F)F)c(Br)c2C2CC2)cc1Cl. The van der Waals surface area contributed by atoms with Crippen molar-refractivity contribution in [1.82, 2.24) is 24.9 Å². The predicted octanol–water partition coefficient (Wildman–Crippen LogP) is 4.47. The number of carbonyl (C=O) groups excluding carboxylic acids is 1. The molecule has 11 heteroatoms. The topological polar surface area (TPSA) is 64.7 Å². The first-order valence-corrected chi connectivity index (χ1v) is 10.1. The highest BCUT2D eigenvalue weighted by Crippen LogP contribution is 2.47. The van der Waals surface area contributed by atoms with Crippen molar-refractivity contribution in [1.29, 1.82) is 0 Å². The van der Waals surface area contributed by atoms with Gasteiger partial charge in [-0.1, -0.05) is 11.6 Å². The summed E-state index contributed by atoms with van der Waals surface area (Å²) in [7, 11) is 0. The Labute approximate surface area is 173 Å². The molecule has 1 unspecified atom stereocenters. The molecule has 1 saturated carbocycles. The molecule has 0 radical (unpaired) electrons. The molecule has 0 bridgehead atoms. The van der Waals surface area contributed by atoms with E-state index in [2.05, 4.69) is 31.4 Å². The summed E-state index contributed by atoms with van der Waals surface area (Å²) in [6.45, 7) is 4.29. The lowest BCUT2D eigenvalue weighted by Crippen LogP contribution is -2.33. The second-order valence-corrected chi connectivity index (χ2v) is 8.11. The smallest absolute Gasteiger partial charge is 0.354 e. The van der Waals surface area contributed by atoms with Crippen LogP contribution in [0.3, 0.4) is 0 Å². The molecule has 1 atom stereocenters. The van der Waals surface area contributed by atoms with E-state index in [-0.39, 0.29) is 16.3 Å². The lowest BCUT2D eigenvalue weighted by Gasteiger charge is -2.16. The maximum Gasteiger partial charge on any atom is 0.436 e. The molecule has 1 N–H and O–H groups in total. The van der Waals surface area contributed by atoms with Crippen LogP contribution in [0, 0.1) is 6.92 Å². The minimum absolute atomic E-state index is 0.000952. The molecule has 0 spiro atoms. The van der Waals surface area contributed by atoms with Gasteiger partial charge in [-0.2, -0.15) is 23.4 Å². The predicted molar refractivity (Wildman–Crippen MR) is 101 cm³/mol. The van der Waals surface area contributed by atoms with E-state index in [0.29, 0.717) is 30.2 Å². The second kappa shape index (κ2) is 8.06. The molecule has 2 heterocycles. The van der Waals surface area contributed by atoms with Crippen molar-refractivity contribution < 1.29 is 18.0 Å². The standard InChI is InChI=1S/C17H20BrClF3N5O/c1-9-12(19)8-26(24-9)7-3-6-23-16(28)10(2)27-14(11-4-5-11)13(18)15(25-27)17(20,21)22/h8,10-11H,3-7H2,1-2H3,(H,23,28). The third-order valence-corrected chi connectivity index (χ3v) is 5.77. The van der Waals surface area contributed by atoms with E-state index >= 15 is 0 Å². The molecule has 3 rings (SSSR count). The molecule has 2 aromatic rings. The summed E-state index contributed by atoms with van der Waals surface area (Å²) in [5.74, 6) is -0.374. The Morgan fingerprint density at radius 3 is 2.64 bits per heavy atom. The van der Waals surface area contributed by atoms with Crippen molar-refractivity contribution in [3.05, 3.63) is 32.8 Å². The van der Waals surface area contributed by atoms with Gasteiger partial charge in [0, 0.05) is 25.2 Å². The van der Waals surface area contributed by atoms with Crippen molar-refractivity contribution in [2.24, 2.45) is 0 Å². The van der Waals surface area contributed by atoms with Crippen molar-refractivity contribution in [2.45, 2.75) is 57.8 Å². The van der Waals surface area contributed by atoms with Gasteiger partial charge in [0.1, 0.15) is 6.04 Å². The van der Waals surface area contributed by atoms with Crippen LogP contribution in [0.1, 0.15) is 55.2 Å². The second-order valence-electron chi connectivity index (χ2n) is 6.91. The lowest BCUT2D eigenvalue weighted by atomic mass is 10.2. The number of hydrogen-bond acceptors (Lipinski definition) is 3. The van der Waals surface area contributed by atoms with Crippen LogP contribution in [0.15, 0.2) is 10.7 Å². The summed E-state index contributed by atoms with van der Waals surface area (Å²) >= 11 is 8.99. The number of alkyl halides is 3. The number of aryl methyl sites for hydroxylation is 2. The maximum absolute atomic E-state index is 13.2. The molecule has 28 heavy (non-hydrogen) atoms. The summed E-state index contributed by atoms with van der Waals surface area (Å²) in [4.78, 5) is 12.5. The van der Waals surface area contributed by atoms with Gasteiger partial charge in [-0.15, -0.1) is 0 Å². The van der Waals surface area contributed by atoms with E-state index < -0.39 is 17.9 Å². The van der Waals surface area contributed by atoms with E-state index in [1.54, 1.807) is 24.7 Å². The van der Waals surface area contributed by atoms with Gasteiger partial charge in [-0.05, 0) is 49.0 Å². The van der Waals surface area contributed by atoms with Crippen LogP contribution >= 0.6 is 27.5 Å². The van der Waals surface area contributed by atoms with Crippen LogP contribution in [0.25, 0.3) is 0 Å². The van der Waals surface area contributed by atoms with Crippen LogP contribution in [0.2, 0.25) is 5.02 Å². The molecule has 1 amide bonds. The molecule has 0 aromatic carbocycles. The Hall–Kier alpha value is -1.55. The van der Waals surface area contributed by atoms with Crippen LogP contribution in [-0.2, 0) is 17.5 Å². The van der Waals surface area contributed by atoms with Gasteiger partial charge < -0.3 is 5.32 Å². The van der Waals surface area contributed by atoms with Crippen molar-refractivity contribution in [2.75, 3.05) is 6.54 Å². The average Bonchev–Trinajstić information content (AvgIpc) is 3.30. The Kier molecular flexibility index (Phi) is 6.09. The minimum Gasteiger partial charge on any atom is -0.354 e. The molecule has 2 aromatic heterocycles. The average molecular weight is 483 g/mol. The van der Waals surface area contributed by atoms with Gasteiger partial charge in [0.15, 0.2) is 5.69 Å². The van der Waals surface area contributed by atoms with Gasteiger partial charge in [0.05, 0.1) is 20.9 Å². The first-order valence-electron chi connectivity index (χ1n) is 8.92. The van der Waals surface area contributed by atoms with E-state index in [4.69, 9.17) is 11.6 Å². The number of nitrogens with zero attached hydrogens (tertiary/aromatic N) is 4. The lowest BCUT2D eigenvalue weighted by molar-refractivity contribution is -0.142. The molecular formula is C17H20BrClF3N5O. The quantitative estimate of drug-likeness (QED) is 0.592. The van der Waals surface area contributed by atoms with Gasteiger partial charge in [-0.3, -0.25) is 14.2 Å². The van der Waals surface area contributed by atoms with Crippen molar-refractivity contribution in [3.63, 3.8) is 0 Å². The normalized spacial score (nSPS) is 15.7. The number of carbonyl (C=O) groups is 1. The van der Waals surface area contributed by atoms with Crippen molar-refractivity contribution >= 4 is 33.4 Å². The first kappa shape index (κ1) is 21.2. The summed E-state index contributed by atoms with van der Waals surface area (Å²) in [5.41, 5.74) is 0.188. The highest BCUT2D eigenvalue weighted by Gasteiger charge is 2.42. The summed E-state index contributed by atoms with van der Waals surface area (Å²) in [6, 6.07) is -0.843. The Balaban J connectivity index is 1.63. The third kappa shape index (κ3) is 4.53. The van der Waals surface area contributed by atoms with E-state index in [9.17, 15) is 18.0 Å². The highest BCUT2D eigenvalue weighted by atomic mass is 79.9. The molecule has 1 fully saturated rings. The monoisotopic (exact) mass is 481 g/mol. The zero-order valence-electron chi connectivity index (χ0n) is 15.4. The van der Waals surface area contributed by atoms with Crippen LogP contribution in [-0.4, -0.2) is 32.0 Å². The number of amides is 1. The largest absolute Gasteiger partial charge is 0.436 e. The molecule has 0 saturated heterocycles. The van der Waals surface area contributed by atoms with Crippen LogP contribution < -0.4 is 5.32 Å². The summed E-state index contributed by atoms with van der Waals surface area (Å²) in [5, 5.41) is 11.3. The minimum atomic E-state index is -4.58. The number of hydrogen-bond donors (Lipinski definition) is 1. The Morgan fingerprint density at radius 2 is 2.11 bits per heavy atom. The molecule has 6 nitrogen and oxygen atoms in total. The van der Waals surface area contributed by atoms with Gasteiger partial charge in [0.2, 0.25) is 5.91 Å². The summed E-state index contributed by atoms with van der Waals surface area (Å²) in [6.07, 6.45) is -0.665. The van der Waals surface area contributed by atoms with Crippen LogP contribution in [0.5, 0.6) is 0 Å². The van der Waals surface area contributed by atoms with Gasteiger partial charge >= 0.3 is 6.18 Å². The van der Waals surface area contributed by atoms with Gasteiger partial charge in [0.25, 0.3) is 0 Å². The molecule has 1 aliphatic rings. The van der Waals surface area contributed by atoms with E-state index in [1.807, 2.05) is 0 Å². The first-order chi connectivity index (χ1) is 13.1. The Morgan fingerprint density at radius 1 is 1.43 bits per heavy atom. The molecular weight excluding hydrogens is 463 g/mol. The number of rotatable bonds is 7. The fourth-order valence-electron chi connectivity index (χ4n) is 2.95. The number of aromatic nitrogens is 4. The Bertz CT molecular complexity index is 856. The third-order valence-electron chi connectivity index (χ3n) is 4.62. The fraction of sp³-hybridized carbons (Fsp3) is 0.588. The zero-order chi connectivity index (χ0) is 20.6. The van der Waals surface area contributed by atoms with E-state index in [1.165, 1.54) is 4.68 Å². The van der Waals surface area contributed by atoms with Crippen molar-refractivity contribution in [3.8, 4) is 0 Å². The van der Waals surface area contributed by atoms with Gasteiger partial charge in [-0.25, -0.2) is 0 Å². The maximum atomic E-state index is 13.2. The number of halogens is 5. The fourth-order valence-corrected chi connectivity index (χ4v) is 3.91. The summed E-state index contributed by atoms with van der Waals surface area (Å²) < 4.78 is 42.5. The molecule has 0 aliphatic heterocycles. The zero-order valence-corrected chi connectivity index (χ0v) is 17.7. The van der Waals surface area contributed by atoms with Crippen LogP contribution in [0.4, 0.5) is 13.2 Å². The highest BCUT2D eigenvalue weighted by molar-refractivity contribution is 9.10. The molecule has 154 valence electrons. The number of nitrogens with one attached hydrogen (secondary N) is 1. The van der Waals surface area contributed by atoms with E-state index in [0.717, 1.165) is 18.5 Å². The molecule has 1 aliphatic carbocycles.